The van der Waals surface area contributed by atoms with Gasteiger partial charge in [0.2, 0.25) is 11.1 Å². The van der Waals surface area contributed by atoms with Gasteiger partial charge in [-0.25, -0.2) is 4.68 Å². The van der Waals surface area contributed by atoms with Crippen LogP contribution in [0.1, 0.15) is 30.9 Å². The number of rotatable bonds is 8. The molecule has 2 aromatic carbocycles. The second-order valence-electron chi connectivity index (χ2n) is 6.68. The summed E-state index contributed by atoms with van der Waals surface area (Å²) in [6.07, 6.45) is 3.41. The SMILES string of the molecule is CCCCc1ccc(NC(=O)CSc2nnc(-c3cccc(C)c3)n2N)cc1. The number of nitrogens with one attached hydrogen (secondary N) is 1. The van der Waals surface area contributed by atoms with Crippen molar-refractivity contribution in [2.75, 3.05) is 16.9 Å². The highest BCUT2D eigenvalue weighted by Crippen LogP contribution is 2.22. The highest BCUT2D eigenvalue weighted by molar-refractivity contribution is 7.99. The van der Waals surface area contributed by atoms with Crippen molar-refractivity contribution in [1.29, 1.82) is 0 Å². The molecule has 0 fully saturated rings. The maximum Gasteiger partial charge on any atom is 0.234 e. The van der Waals surface area contributed by atoms with Crippen LogP contribution in [0.25, 0.3) is 11.4 Å². The number of carbonyl (C=O) groups excluding carboxylic acids is 1. The van der Waals surface area contributed by atoms with E-state index in [2.05, 4.69) is 34.6 Å². The van der Waals surface area contributed by atoms with Gasteiger partial charge in [0, 0.05) is 11.3 Å². The van der Waals surface area contributed by atoms with Crippen LogP contribution in [-0.4, -0.2) is 26.5 Å². The molecule has 0 unspecified atom stereocenters. The van der Waals surface area contributed by atoms with Gasteiger partial charge in [0.25, 0.3) is 0 Å². The molecule has 0 atom stereocenters. The van der Waals surface area contributed by atoms with Crippen molar-refractivity contribution in [3.63, 3.8) is 0 Å². The van der Waals surface area contributed by atoms with E-state index in [9.17, 15) is 4.79 Å². The Labute approximate surface area is 169 Å². The van der Waals surface area contributed by atoms with Crippen LogP contribution >= 0.6 is 11.8 Å². The maximum absolute atomic E-state index is 12.2. The van der Waals surface area contributed by atoms with E-state index in [1.165, 1.54) is 34.8 Å². The van der Waals surface area contributed by atoms with Crippen molar-refractivity contribution in [2.45, 2.75) is 38.3 Å². The molecule has 28 heavy (non-hydrogen) atoms. The van der Waals surface area contributed by atoms with Crippen LogP contribution in [0.5, 0.6) is 0 Å². The Kier molecular flexibility index (Phi) is 6.71. The Morgan fingerprint density at radius 2 is 1.96 bits per heavy atom. The molecule has 0 aliphatic carbocycles. The molecule has 1 heterocycles. The Hall–Kier alpha value is -2.80. The Balaban J connectivity index is 1.56. The van der Waals surface area contributed by atoms with Crippen LogP contribution in [0.15, 0.2) is 53.7 Å². The van der Waals surface area contributed by atoms with Crippen molar-refractivity contribution < 1.29 is 4.79 Å². The second kappa shape index (κ2) is 9.41. The van der Waals surface area contributed by atoms with Gasteiger partial charge in [0.15, 0.2) is 5.82 Å². The summed E-state index contributed by atoms with van der Waals surface area (Å²) in [5.74, 6) is 6.80. The fraction of sp³-hybridized carbons (Fsp3) is 0.286. The van der Waals surface area contributed by atoms with E-state index in [-0.39, 0.29) is 11.7 Å². The van der Waals surface area contributed by atoms with Gasteiger partial charge in [0.1, 0.15) is 0 Å². The van der Waals surface area contributed by atoms with Crippen molar-refractivity contribution in [1.82, 2.24) is 14.9 Å². The molecule has 0 radical (unpaired) electrons. The summed E-state index contributed by atoms with van der Waals surface area (Å²) in [7, 11) is 0. The minimum Gasteiger partial charge on any atom is -0.335 e. The molecular weight excluding hydrogens is 370 g/mol. The number of benzene rings is 2. The highest BCUT2D eigenvalue weighted by Gasteiger charge is 2.14. The van der Waals surface area contributed by atoms with Gasteiger partial charge < -0.3 is 11.2 Å². The second-order valence-corrected chi connectivity index (χ2v) is 7.63. The van der Waals surface area contributed by atoms with Gasteiger partial charge >= 0.3 is 0 Å². The zero-order valence-corrected chi connectivity index (χ0v) is 17.0. The van der Waals surface area contributed by atoms with Crippen molar-refractivity contribution in [2.24, 2.45) is 0 Å². The number of aryl methyl sites for hydroxylation is 2. The summed E-state index contributed by atoms with van der Waals surface area (Å²) in [6.45, 7) is 4.19. The third kappa shape index (κ3) is 5.13. The molecule has 0 bridgehead atoms. The highest BCUT2D eigenvalue weighted by atomic mass is 32.2. The van der Waals surface area contributed by atoms with Crippen LogP contribution in [0, 0.1) is 6.92 Å². The average molecular weight is 396 g/mol. The van der Waals surface area contributed by atoms with Gasteiger partial charge in [-0.1, -0.05) is 61.0 Å². The lowest BCUT2D eigenvalue weighted by Gasteiger charge is -2.07. The van der Waals surface area contributed by atoms with Gasteiger partial charge in [-0.2, -0.15) is 0 Å². The quantitative estimate of drug-likeness (QED) is 0.444. The molecule has 3 N–H and O–H groups in total. The zero-order valence-electron chi connectivity index (χ0n) is 16.2. The predicted molar refractivity (Wildman–Crippen MR) is 115 cm³/mol. The fourth-order valence-electron chi connectivity index (χ4n) is 2.82. The lowest BCUT2D eigenvalue weighted by atomic mass is 10.1. The molecule has 0 aliphatic rings. The molecule has 0 spiro atoms. The number of hydrogen-bond donors (Lipinski definition) is 2. The van der Waals surface area contributed by atoms with E-state index >= 15 is 0 Å². The number of carbonyl (C=O) groups is 1. The number of anilines is 1. The summed E-state index contributed by atoms with van der Waals surface area (Å²) in [4.78, 5) is 12.2. The number of nitrogens with zero attached hydrogens (tertiary/aromatic N) is 3. The number of unbranched alkanes of at least 4 members (excludes halogenated alkanes) is 1. The number of nitrogen functional groups attached to an aromatic ring is 1. The smallest absolute Gasteiger partial charge is 0.234 e. The topological polar surface area (TPSA) is 85.8 Å². The van der Waals surface area contributed by atoms with Crippen LogP contribution < -0.4 is 11.2 Å². The van der Waals surface area contributed by atoms with E-state index in [1.807, 2.05) is 43.3 Å². The third-order valence-electron chi connectivity index (χ3n) is 4.33. The fourth-order valence-corrected chi connectivity index (χ4v) is 3.48. The standard InChI is InChI=1S/C21H25N5OS/c1-3-4-7-16-9-11-18(12-10-16)23-19(27)14-28-21-25-24-20(26(21)22)17-8-5-6-15(2)13-17/h5-6,8-13H,3-4,7,14,22H2,1-2H3,(H,23,27). The molecule has 3 rings (SSSR count). The Bertz CT molecular complexity index is 936. The number of thioether (sulfide) groups is 1. The molecule has 0 aliphatic heterocycles. The predicted octanol–water partition coefficient (Wildman–Crippen LogP) is 4.04. The Morgan fingerprint density at radius 3 is 2.68 bits per heavy atom. The van der Waals surface area contributed by atoms with Crippen molar-refractivity contribution in [3.05, 3.63) is 59.7 Å². The van der Waals surface area contributed by atoms with E-state index in [1.54, 1.807) is 0 Å². The minimum atomic E-state index is -0.105. The van der Waals surface area contributed by atoms with Gasteiger partial charge in [0.05, 0.1) is 5.75 Å². The largest absolute Gasteiger partial charge is 0.335 e. The van der Waals surface area contributed by atoms with Gasteiger partial charge in [-0.3, -0.25) is 4.79 Å². The minimum absolute atomic E-state index is 0.105. The monoisotopic (exact) mass is 395 g/mol. The number of nitrogens with two attached hydrogens (primary N) is 1. The van der Waals surface area contributed by atoms with Gasteiger partial charge in [-0.05, 0) is 43.5 Å². The first-order chi connectivity index (χ1) is 13.6. The first-order valence-corrected chi connectivity index (χ1v) is 10.3. The molecule has 1 amide bonds. The van der Waals surface area contributed by atoms with Gasteiger partial charge in [-0.15, -0.1) is 10.2 Å². The molecule has 7 heteroatoms. The molecule has 146 valence electrons. The average Bonchev–Trinajstić information content (AvgIpc) is 3.06. The first kappa shape index (κ1) is 19.9. The number of amides is 1. The number of hydrogen-bond acceptors (Lipinski definition) is 5. The summed E-state index contributed by atoms with van der Waals surface area (Å²) in [6, 6.07) is 15.9. The maximum atomic E-state index is 12.2. The molecular formula is C21H25N5OS. The lowest BCUT2D eigenvalue weighted by Crippen LogP contribution is -2.16. The summed E-state index contributed by atoms with van der Waals surface area (Å²) >= 11 is 1.26. The zero-order chi connectivity index (χ0) is 19.9. The summed E-state index contributed by atoms with van der Waals surface area (Å²) in [5, 5.41) is 11.7. The lowest BCUT2D eigenvalue weighted by molar-refractivity contribution is -0.113. The first-order valence-electron chi connectivity index (χ1n) is 9.36. The molecule has 3 aromatic rings. The van der Waals surface area contributed by atoms with Crippen LogP contribution in [0.3, 0.4) is 0 Å². The van der Waals surface area contributed by atoms with E-state index in [4.69, 9.17) is 5.84 Å². The Morgan fingerprint density at radius 1 is 1.18 bits per heavy atom. The number of aromatic nitrogens is 3. The van der Waals surface area contributed by atoms with Crippen LogP contribution in [0.4, 0.5) is 5.69 Å². The van der Waals surface area contributed by atoms with Crippen molar-refractivity contribution >= 4 is 23.4 Å². The van der Waals surface area contributed by atoms with Crippen LogP contribution in [-0.2, 0) is 11.2 Å². The summed E-state index contributed by atoms with van der Waals surface area (Å²) in [5.41, 5.74) is 4.10. The van der Waals surface area contributed by atoms with Crippen molar-refractivity contribution in [3.8, 4) is 11.4 Å². The molecule has 0 saturated heterocycles. The molecule has 6 nitrogen and oxygen atoms in total. The van der Waals surface area contributed by atoms with E-state index < -0.39 is 0 Å². The molecule has 1 aromatic heterocycles. The summed E-state index contributed by atoms with van der Waals surface area (Å²) < 4.78 is 1.43. The normalized spacial score (nSPS) is 10.8. The van der Waals surface area contributed by atoms with Crippen LogP contribution in [0.2, 0.25) is 0 Å². The van der Waals surface area contributed by atoms with E-state index in [0.717, 1.165) is 23.2 Å². The molecule has 0 saturated carbocycles. The van der Waals surface area contributed by atoms with E-state index in [0.29, 0.717) is 11.0 Å². The third-order valence-corrected chi connectivity index (χ3v) is 5.27.